The molecular formula is C17H24N4O3S. The zero-order valence-corrected chi connectivity index (χ0v) is 15.6. The van der Waals surface area contributed by atoms with Crippen LogP contribution in [0.1, 0.15) is 25.5 Å². The molecule has 2 aromatic rings. The summed E-state index contributed by atoms with van der Waals surface area (Å²) < 4.78 is 30.7. The number of sulfonamides is 1. The fourth-order valence-electron chi connectivity index (χ4n) is 3.04. The lowest BCUT2D eigenvalue weighted by molar-refractivity contribution is 0.330. The topological polar surface area (TPSA) is 84.4 Å². The van der Waals surface area contributed by atoms with Crippen LogP contribution in [0.25, 0.3) is 11.0 Å². The van der Waals surface area contributed by atoms with Gasteiger partial charge in [0.25, 0.3) is 0 Å². The van der Waals surface area contributed by atoms with E-state index < -0.39 is 10.0 Å². The summed E-state index contributed by atoms with van der Waals surface area (Å²) in [4.78, 5) is 9.27. The molecule has 136 valence electrons. The third kappa shape index (κ3) is 3.85. The molecule has 0 atom stereocenters. The van der Waals surface area contributed by atoms with Gasteiger partial charge in [0.05, 0.1) is 29.6 Å². The highest BCUT2D eigenvalue weighted by Crippen LogP contribution is 2.23. The van der Waals surface area contributed by atoms with Crippen molar-refractivity contribution in [3.63, 3.8) is 0 Å². The summed E-state index contributed by atoms with van der Waals surface area (Å²) in [5.74, 6) is 1.67. The van der Waals surface area contributed by atoms with Crippen molar-refractivity contribution in [1.29, 1.82) is 0 Å². The molecule has 0 spiro atoms. The summed E-state index contributed by atoms with van der Waals surface area (Å²) in [6, 6.07) is 5.83. The van der Waals surface area contributed by atoms with E-state index in [1.54, 1.807) is 18.3 Å². The Morgan fingerprint density at radius 2 is 1.96 bits per heavy atom. The number of hydrogen-bond acceptors (Lipinski definition) is 6. The Labute approximate surface area is 148 Å². The quantitative estimate of drug-likeness (QED) is 0.875. The van der Waals surface area contributed by atoms with E-state index in [9.17, 15) is 8.42 Å². The molecule has 0 aliphatic carbocycles. The second-order valence-corrected chi connectivity index (χ2v) is 8.49. The zero-order chi connectivity index (χ0) is 18.0. The number of fused-ring (bicyclic) bond motifs is 1. The minimum atomic E-state index is -3.10. The second kappa shape index (κ2) is 7.13. The first-order valence-corrected chi connectivity index (χ1v) is 10.1. The van der Waals surface area contributed by atoms with Gasteiger partial charge in [-0.3, -0.25) is 0 Å². The first-order valence-electron chi connectivity index (χ1n) is 8.49. The van der Waals surface area contributed by atoms with E-state index in [1.807, 2.05) is 25.1 Å². The van der Waals surface area contributed by atoms with E-state index in [-0.39, 0.29) is 11.8 Å². The maximum atomic E-state index is 11.9. The fourth-order valence-corrected chi connectivity index (χ4v) is 4.17. The highest BCUT2D eigenvalue weighted by Gasteiger charge is 2.27. The molecule has 1 aliphatic rings. The molecule has 1 saturated heterocycles. The molecule has 7 nitrogen and oxygen atoms in total. The first kappa shape index (κ1) is 17.9. The predicted octanol–water partition coefficient (Wildman–Crippen LogP) is 2.17. The van der Waals surface area contributed by atoms with Crippen LogP contribution in [0.5, 0.6) is 5.75 Å². The second-order valence-electron chi connectivity index (χ2n) is 6.23. The largest absolute Gasteiger partial charge is 0.497 e. The number of nitrogens with zero attached hydrogens (tertiary/aromatic N) is 3. The smallest absolute Gasteiger partial charge is 0.213 e. The summed E-state index contributed by atoms with van der Waals surface area (Å²) >= 11 is 0. The Morgan fingerprint density at radius 1 is 1.24 bits per heavy atom. The van der Waals surface area contributed by atoms with Crippen LogP contribution >= 0.6 is 0 Å². The number of piperidine rings is 1. The van der Waals surface area contributed by atoms with E-state index in [1.165, 1.54) is 0 Å². The van der Waals surface area contributed by atoms with Crippen LogP contribution < -0.4 is 10.1 Å². The van der Waals surface area contributed by atoms with Gasteiger partial charge in [-0.1, -0.05) is 0 Å². The molecular weight excluding hydrogens is 340 g/mol. The molecule has 0 radical (unpaired) electrons. The van der Waals surface area contributed by atoms with Crippen molar-refractivity contribution in [2.75, 3.05) is 31.3 Å². The Balaban J connectivity index is 1.72. The minimum Gasteiger partial charge on any atom is -0.497 e. The Morgan fingerprint density at radius 3 is 2.60 bits per heavy atom. The molecule has 0 saturated carbocycles. The predicted molar refractivity (Wildman–Crippen MR) is 98.5 cm³/mol. The van der Waals surface area contributed by atoms with E-state index in [0.29, 0.717) is 13.1 Å². The van der Waals surface area contributed by atoms with Crippen LogP contribution in [0.3, 0.4) is 0 Å². The van der Waals surface area contributed by atoms with Gasteiger partial charge in [-0.05, 0) is 38.8 Å². The number of aromatic nitrogens is 2. The number of anilines is 1. The van der Waals surface area contributed by atoms with E-state index >= 15 is 0 Å². The Hall–Kier alpha value is -1.93. The van der Waals surface area contributed by atoms with Gasteiger partial charge in [0, 0.05) is 25.2 Å². The number of methoxy groups -OCH3 is 1. The molecule has 1 aliphatic heterocycles. The molecule has 3 rings (SSSR count). The number of nitrogens with one attached hydrogen (secondary N) is 1. The third-order valence-electron chi connectivity index (χ3n) is 4.60. The van der Waals surface area contributed by atoms with Gasteiger partial charge < -0.3 is 10.1 Å². The van der Waals surface area contributed by atoms with Crippen molar-refractivity contribution in [3.8, 4) is 5.75 Å². The van der Waals surface area contributed by atoms with Crippen LogP contribution in [0.4, 0.5) is 5.82 Å². The molecule has 1 fully saturated rings. The van der Waals surface area contributed by atoms with Crippen molar-refractivity contribution in [2.24, 2.45) is 0 Å². The van der Waals surface area contributed by atoms with Gasteiger partial charge in [-0.15, -0.1) is 0 Å². The van der Waals surface area contributed by atoms with Gasteiger partial charge in [0.1, 0.15) is 11.6 Å². The third-order valence-corrected chi connectivity index (χ3v) is 6.48. The molecule has 0 unspecified atom stereocenters. The van der Waals surface area contributed by atoms with E-state index in [0.717, 1.165) is 41.1 Å². The summed E-state index contributed by atoms with van der Waals surface area (Å²) in [5.41, 5.74) is 2.43. The first-order chi connectivity index (χ1) is 11.9. The molecule has 0 amide bonds. The number of benzene rings is 1. The number of rotatable bonds is 5. The highest BCUT2D eigenvalue weighted by atomic mass is 32.2. The molecule has 1 aromatic carbocycles. The number of ether oxygens (including phenoxy) is 1. The number of hydrogen-bond donors (Lipinski definition) is 1. The molecule has 25 heavy (non-hydrogen) atoms. The van der Waals surface area contributed by atoms with Crippen LogP contribution in [0.2, 0.25) is 0 Å². The van der Waals surface area contributed by atoms with Crippen molar-refractivity contribution in [1.82, 2.24) is 14.3 Å². The van der Waals surface area contributed by atoms with E-state index in [2.05, 4.69) is 15.3 Å². The highest BCUT2D eigenvalue weighted by molar-refractivity contribution is 7.89. The SMILES string of the molecule is CCS(=O)(=O)N1CCC(Nc2nc3ccc(OC)cc3nc2C)CC1. The van der Waals surface area contributed by atoms with Gasteiger partial charge >= 0.3 is 0 Å². The molecule has 1 N–H and O–H groups in total. The van der Waals surface area contributed by atoms with Gasteiger partial charge in [0.2, 0.25) is 10.0 Å². The van der Waals surface area contributed by atoms with Gasteiger partial charge in [-0.25, -0.2) is 22.7 Å². The minimum absolute atomic E-state index is 0.157. The normalized spacial score (nSPS) is 16.9. The fraction of sp³-hybridized carbons (Fsp3) is 0.529. The summed E-state index contributed by atoms with van der Waals surface area (Å²) in [5, 5.41) is 3.43. The van der Waals surface area contributed by atoms with Crippen LogP contribution in [-0.2, 0) is 10.0 Å². The number of aryl methyl sites for hydroxylation is 1. The van der Waals surface area contributed by atoms with Crippen molar-refractivity contribution in [2.45, 2.75) is 32.7 Å². The monoisotopic (exact) mass is 364 g/mol. The lowest BCUT2D eigenvalue weighted by Crippen LogP contribution is -2.43. The van der Waals surface area contributed by atoms with Crippen molar-refractivity contribution >= 4 is 26.9 Å². The van der Waals surface area contributed by atoms with Crippen LogP contribution in [-0.4, -0.2) is 54.7 Å². The average molecular weight is 364 g/mol. The Kier molecular flexibility index (Phi) is 5.10. The van der Waals surface area contributed by atoms with Crippen molar-refractivity contribution < 1.29 is 13.2 Å². The van der Waals surface area contributed by atoms with Gasteiger partial charge in [-0.2, -0.15) is 0 Å². The summed E-state index contributed by atoms with van der Waals surface area (Å²) in [7, 11) is -1.47. The average Bonchev–Trinajstić information content (AvgIpc) is 2.62. The van der Waals surface area contributed by atoms with Crippen LogP contribution in [0, 0.1) is 6.92 Å². The lowest BCUT2D eigenvalue weighted by Gasteiger charge is -2.31. The molecule has 2 heterocycles. The summed E-state index contributed by atoms with van der Waals surface area (Å²) in [6.45, 7) is 4.70. The maximum absolute atomic E-state index is 11.9. The maximum Gasteiger partial charge on any atom is 0.213 e. The molecule has 1 aromatic heterocycles. The lowest BCUT2D eigenvalue weighted by atomic mass is 10.1. The van der Waals surface area contributed by atoms with E-state index in [4.69, 9.17) is 4.74 Å². The summed E-state index contributed by atoms with van der Waals surface area (Å²) in [6.07, 6.45) is 1.53. The van der Waals surface area contributed by atoms with Crippen LogP contribution in [0.15, 0.2) is 18.2 Å². The van der Waals surface area contributed by atoms with Gasteiger partial charge in [0.15, 0.2) is 0 Å². The zero-order valence-electron chi connectivity index (χ0n) is 14.8. The molecule has 0 bridgehead atoms. The molecule has 8 heteroatoms. The Bertz CT molecular complexity index is 862. The van der Waals surface area contributed by atoms with Crippen molar-refractivity contribution in [3.05, 3.63) is 23.9 Å². The standard InChI is InChI=1S/C17H24N4O3S/c1-4-25(22,23)21-9-7-13(8-10-21)19-17-12(2)18-16-11-14(24-3)5-6-15(16)20-17/h5-6,11,13H,4,7-10H2,1-3H3,(H,19,20).